The predicted octanol–water partition coefficient (Wildman–Crippen LogP) is 0.0732. The lowest BCUT2D eigenvalue weighted by atomic mass is 10.6. The standard InChI is InChI=1S/C6H10NO2/c1-9-4-6(8)7-5-2-3-5/h5H,1-4H2,(H,7,8). The first kappa shape index (κ1) is 6.55. The van der Waals surface area contributed by atoms with Crippen LogP contribution in [0.1, 0.15) is 12.8 Å². The maximum atomic E-state index is 10.6. The molecule has 0 bridgehead atoms. The van der Waals surface area contributed by atoms with E-state index < -0.39 is 0 Å². The van der Waals surface area contributed by atoms with E-state index in [1.165, 1.54) is 0 Å². The SMILES string of the molecule is [CH2]OCC(=O)NC1CC1. The summed E-state index contributed by atoms with van der Waals surface area (Å²) in [6, 6.07) is 0.424. The average Bonchev–Trinajstić information content (AvgIpc) is 2.50. The Labute approximate surface area is 54.4 Å². The van der Waals surface area contributed by atoms with Crippen molar-refractivity contribution in [1.82, 2.24) is 5.32 Å². The Bertz CT molecular complexity index is 110. The highest BCUT2D eigenvalue weighted by atomic mass is 16.5. The summed E-state index contributed by atoms with van der Waals surface area (Å²) in [7, 11) is 3.09. The van der Waals surface area contributed by atoms with Crippen LogP contribution in [-0.4, -0.2) is 18.6 Å². The number of hydrogen-bond donors (Lipinski definition) is 1. The molecule has 3 heteroatoms. The molecule has 0 aliphatic heterocycles. The summed E-state index contributed by atoms with van der Waals surface area (Å²) < 4.78 is 4.37. The molecule has 0 aromatic heterocycles. The molecule has 1 aliphatic rings. The zero-order valence-corrected chi connectivity index (χ0v) is 5.22. The van der Waals surface area contributed by atoms with Crippen LogP contribution >= 0.6 is 0 Å². The smallest absolute Gasteiger partial charge is 0.246 e. The van der Waals surface area contributed by atoms with E-state index in [2.05, 4.69) is 17.2 Å². The number of ether oxygens (including phenoxy) is 1. The molecule has 1 saturated carbocycles. The summed E-state index contributed by atoms with van der Waals surface area (Å²) in [5.74, 6) is -0.0625. The maximum Gasteiger partial charge on any atom is 0.246 e. The summed E-state index contributed by atoms with van der Waals surface area (Å²) in [5, 5.41) is 2.75. The van der Waals surface area contributed by atoms with Crippen LogP contribution in [0.5, 0.6) is 0 Å². The van der Waals surface area contributed by atoms with Crippen molar-refractivity contribution in [2.45, 2.75) is 18.9 Å². The topological polar surface area (TPSA) is 38.3 Å². The molecule has 0 heterocycles. The maximum absolute atomic E-state index is 10.6. The number of carbonyl (C=O) groups is 1. The third kappa shape index (κ3) is 2.46. The Morgan fingerprint density at radius 1 is 1.78 bits per heavy atom. The summed E-state index contributed by atoms with van der Waals surface area (Å²) in [5.41, 5.74) is 0. The van der Waals surface area contributed by atoms with Gasteiger partial charge < -0.3 is 10.1 Å². The number of carbonyl (C=O) groups excluding carboxylic acids is 1. The minimum atomic E-state index is -0.0625. The molecule has 9 heavy (non-hydrogen) atoms. The molecule has 0 unspecified atom stereocenters. The molecule has 3 nitrogen and oxygen atoms in total. The monoisotopic (exact) mass is 128 g/mol. The molecule has 0 aromatic carbocycles. The number of hydrogen-bond acceptors (Lipinski definition) is 2. The molecule has 0 aromatic rings. The Balaban J connectivity index is 2.02. The highest BCUT2D eigenvalue weighted by Gasteiger charge is 2.22. The van der Waals surface area contributed by atoms with E-state index in [9.17, 15) is 4.79 Å². The Hall–Kier alpha value is -0.570. The van der Waals surface area contributed by atoms with Gasteiger partial charge in [-0.25, -0.2) is 0 Å². The van der Waals surface area contributed by atoms with Crippen LogP contribution in [0.2, 0.25) is 0 Å². The second-order valence-corrected chi connectivity index (χ2v) is 2.19. The molecule has 1 amide bonds. The zero-order valence-electron chi connectivity index (χ0n) is 5.22. The van der Waals surface area contributed by atoms with Crippen molar-refractivity contribution in [2.24, 2.45) is 0 Å². The van der Waals surface area contributed by atoms with Crippen molar-refractivity contribution in [3.05, 3.63) is 7.11 Å². The van der Waals surface area contributed by atoms with Gasteiger partial charge in [0.15, 0.2) is 0 Å². The van der Waals surface area contributed by atoms with Gasteiger partial charge in [-0.05, 0) is 12.8 Å². The number of nitrogens with one attached hydrogen (secondary N) is 1. The van der Waals surface area contributed by atoms with E-state index in [4.69, 9.17) is 0 Å². The number of rotatable bonds is 3. The quantitative estimate of drug-likeness (QED) is 0.584. The molecule has 1 aliphatic carbocycles. The van der Waals surface area contributed by atoms with Gasteiger partial charge in [0.25, 0.3) is 0 Å². The summed E-state index contributed by atoms with van der Waals surface area (Å²) in [4.78, 5) is 10.6. The normalized spacial score (nSPS) is 17.4. The van der Waals surface area contributed by atoms with E-state index in [0.29, 0.717) is 6.04 Å². The summed E-state index contributed by atoms with van der Waals surface area (Å²) in [6.45, 7) is 0.0799. The van der Waals surface area contributed by atoms with Gasteiger partial charge in [0.2, 0.25) is 5.91 Å². The first-order chi connectivity index (χ1) is 4.33. The van der Waals surface area contributed by atoms with Crippen molar-refractivity contribution in [3.8, 4) is 0 Å². The third-order valence-corrected chi connectivity index (χ3v) is 1.18. The molecule has 51 valence electrons. The van der Waals surface area contributed by atoms with Crippen molar-refractivity contribution in [1.29, 1.82) is 0 Å². The second kappa shape index (κ2) is 2.82. The van der Waals surface area contributed by atoms with Crippen LogP contribution in [-0.2, 0) is 9.53 Å². The second-order valence-electron chi connectivity index (χ2n) is 2.19. The van der Waals surface area contributed by atoms with E-state index in [1.54, 1.807) is 0 Å². The minimum absolute atomic E-state index is 0.0625. The molecule has 1 N–H and O–H groups in total. The fraction of sp³-hybridized carbons (Fsp3) is 0.667. The lowest BCUT2D eigenvalue weighted by molar-refractivity contribution is -0.124. The molecule has 0 atom stereocenters. The van der Waals surface area contributed by atoms with E-state index in [1.807, 2.05) is 0 Å². The Morgan fingerprint density at radius 3 is 2.89 bits per heavy atom. The largest absolute Gasteiger partial charge is 0.369 e. The van der Waals surface area contributed by atoms with Crippen molar-refractivity contribution in [3.63, 3.8) is 0 Å². The fourth-order valence-electron chi connectivity index (χ4n) is 0.590. The van der Waals surface area contributed by atoms with Crippen LogP contribution in [0.4, 0.5) is 0 Å². The van der Waals surface area contributed by atoms with E-state index >= 15 is 0 Å². The predicted molar refractivity (Wildman–Crippen MR) is 32.5 cm³/mol. The lowest BCUT2D eigenvalue weighted by Crippen LogP contribution is -2.28. The van der Waals surface area contributed by atoms with Gasteiger partial charge in [-0.15, -0.1) is 0 Å². The minimum Gasteiger partial charge on any atom is -0.369 e. The van der Waals surface area contributed by atoms with Gasteiger partial charge in [-0.2, -0.15) is 0 Å². The van der Waals surface area contributed by atoms with Crippen LogP contribution in [0.25, 0.3) is 0 Å². The van der Waals surface area contributed by atoms with Gasteiger partial charge in [0.1, 0.15) is 6.61 Å². The van der Waals surface area contributed by atoms with Gasteiger partial charge in [-0.1, -0.05) is 0 Å². The van der Waals surface area contributed by atoms with Gasteiger partial charge in [0.05, 0.1) is 7.11 Å². The molecule has 1 rings (SSSR count). The molecule has 0 saturated heterocycles. The molecule has 1 fully saturated rings. The highest BCUT2D eigenvalue weighted by Crippen LogP contribution is 2.18. The highest BCUT2D eigenvalue weighted by molar-refractivity contribution is 5.77. The Kier molecular flexibility index (Phi) is 2.05. The van der Waals surface area contributed by atoms with Crippen molar-refractivity contribution in [2.75, 3.05) is 6.61 Å². The van der Waals surface area contributed by atoms with Gasteiger partial charge in [-0.3, -0.25) is 4.79 Å². The molecular weight excluding hydrogens is 118 g/mol. The lowest BCUT2D eigenvalue weighted by Gasteiger charge is -1.99. The van der Waals surface area contributed by atoms with Gasteiger partial charge >= 0.3 is 0 Å². The van der Waals surface area contributed by atoms with Crippen LogP contribution in [0.3, 0.4) is 0 Å². The first-order valence-corrected chi connectivity index (χ1v) is 2.99. The zero-order chi connectivity index (χ0) is 6.69. The first-order valence-electron chi connectivity index (χ1n) is 2.99. The van der Waals surface area contributed by atoms with Gasteiger partial charge in [0, 0.05) is 6.04 Å². The van der Waals surface area contributed by atoms with Crippen molar-refractivity contribution >= 4 is 5.91 Å². The number of amides is 1. The molecular formula is C6H10NO2. The summed E-state index contributed by atoms with van der Waals surface area (Å²) in [6.07, 6.45) is 2.23. The van der Waals surface area contributed by atoms with Crippen LogP contribution in [0.15, 0.2) is 0 Å². The molecule has 1 radical (unpaired) electrons. The third-order valence-electron chi connectivity index (χ3n) is 1.18. The van der Waals surface area contributed by atoms with Crippen LogP contribution < -0.4 is 5.32 Å². The fourth-order valence-corrected chi connectivity index (χ4v) is 0.590. The summed E-state index contributed by atoms with van der Waals surface area (Å²) >= 11 is 0. The van der Waals surface area contributed by atoms with E-state index in [-0.39, 0.29) is 12.5 Å². The van der Waals surface area contributed by atoms with Crippen molar-refractivity contribution < 1.29 is 9.53 Å². The van der Waals surface area contributed by atoms with Crippen LogP contribution in [0, 0.1) is 7.11 Å². The Morgan fingerprint density at radius 2 is 2.44 bits per heavy atom. The average molecular weight is 128 g/mol. The molecule has 0 spiro atoms. The van der Waals surface area contributed by atoms with E-state index in [0.717, 1.165) is 12.8 Å².